The molecule has 0 radical (unpaired) electrons. The van der Waals surface area contributed by atoms with Crippen molar-refractivity contribution in [2.45, 2.75) is 19.9 Å². The van der Waals surface area contributed by atoms with Gasteiger partial charge in [-0.2, -0.15) is 0 Å². The van der Waals surface area contributed by atoms with Crippen LogP contribution in [0.1, 0.15) is 28.4 Å². The largest absolute Gasteiger partial charge is 0.468 e. The lowest BCUT2D eigenvalue weighted by atomic mass is 10.0. The van der Waals surface area contributed by atoms with Crippen LogP contribution in [0.5, 0.6) is 0 Å². The highest BCUT2D eigenvalue weighted by Gasteiger charge is 2.18. The first-order valence-electron chi connectivity index (χ1n) is 7.92. The van der Waals surface area contributed by atoms with Gasteiger partial charge in [0.05, 0.1) is 7.11 Å². The average Bonchev–Trinajstić information content (AvgIpc) is 2.99. The average molecular weight is 321 g/mol. The van der Waals surface area contributed by atoms with Crippen molar-refractivity contribution >= 4 is 22.7 Å². The van der Waals surface area contributed by atoms with Gasteiger partial charge < -0.3 is 9.30 Å². The maximum absolute atomic E-state index is 12.9. The third-order valence-corrected chi connectivity index (χ3v) is 4.16. The van der Waals surface area contributed by atoms with Gasteiger partial charge in [0, 0.05) is 28.2 Å². The molecule has 0 spiro atoms. The first-order chi connectivity index (χ1) is 11.6. The molecular formula is C20H19NO3. The lowest BCUT2D eigenvalue weighted by Gasteiger charge is -2.04. The zero-order valence-electron chi connectivity index (χ0n) is 13.8. The van der Waals surface area contributed by atoms with Crippen molar-refractivity contribution in [2.75, 3.05) is 7.11 Å². The second kappa shape index (κ2) is 6.71. The van der Waals surface area contributed by atoms with E-state index in [-0.39, 0.29) is 18.3 Å². The number of carbonyl (C=O) groups excluding carboxylic acids is 2. The number of hydrogen-bond acceptors (Lipinski definition) is 3. The molecule has 0 aliphatic carbocycles. The quantitative estimate of drug-likeness (QED) is 0.533. The number of ketones is 1. The normalized spacial score (nSPS) is 10.8. The molecular weight excluding hydrogens is 302 g/mol. The Labute approximate surface area is 140 Å². The van der Waals surface area contributed by atoms with Gasteiger partial charge in [-0.25, -0.2) is 0 Å². The van der Waals surface area contributed by atoms with Gasteiger partial charge in [-0.15, -0.1) is 0 Å². The molecule has 1 heterocycles. The molecule has 0 amide bonds. The van der Waals surface area contributed by atoms with E-state index in [1.807, 2.05) is 36.4 Å². The van der Waals surface area contributed by atoms with E-state index in [2.05, 4.69) is 6.92 Å². The Hall–Kier alpha value is -2.88. The third-order valence-electron chi connectivity index (χ3n) is 4.16. The molecule has 1 aromatic heterocycles. The second-order valence-corrected chi connectivity index (χ2v) is 5.65. The summed E-state index contributed by atoms with van der Waals surface area (Å²) in [6, 6.07) is 15.2. The minimum Gasteiger partial charge on any atom is -0.468 e. The number of nitrogens with zero attached hydrogens (tertiary/aromatic N) is 1. The number of fused-ring (bicyclic) bond motifs is 1. The zero-order chi connectivity index (χ0) is 17.1. The molecule has 0 bridgehead atoms. The third kappa shape index (κ3) is 2.95. The van der Waals surface area contributed by atoms with Crippen molar-refractivity contribution in [1.82, 2.24) is 4.57 Å². The zero-order valence-corrected chi connectivity index (χ0v) is 13.8. The van der Waals surface area contributed by atoms with Crippen LogP contribution in [0.15, 0.2) is 54.7 Å². The van der Waals surface area contributed by atoms with Gasteiger partial charge in [0.25, 0.3) is 0 Å². The first kappa shape index (κ1) is 16.0. The number of aryl methyl sites for hydroxylation is 1. The molecule has 0 fully saturated rings. The Balaban J connectivity index is 2.14. The first-order valence-corrected chi connectivity index (χ1v) is 7.92. The minimum absolute atomic E-state index is 0.0477. The Morgan fingerprint density at radius 3 is 2.50 bits per heavy atom. The smallest absolute Gasteiger partial charge is 0.325 e. The van der Waals surface area contributed by atoms with Crippen LogP contribution in [0.4, 0.5) is 0 Å². The molecule has 4 nitrogen and oxygen atoms in total. The van der Waals surface area contributed by atoms with Crippen molar-refractivity contribution in [3.05, 3.63) is 71.4 Å². The highest BCUT2D eigenvalue weighted by atomic mass is 16.5. The van der Waals surface area contributed by atoms with E-state index < -0.39 is 0 Å². The predicted octanol–water partition coefficient (Wildman–Crippen LogP) is 3.61. The van der Waals surface area contributed by atoms with Crippen LogP contribution in [-0.2, 0) is 22.5 Å². The van der Waals surface area contributed by atoms with E-state index in [1.54, 1.807) is 22.9 Å². The van der Waals surface area contributed by atoms with Crippen molar-refractivity contribution in [2.24, 2.45) is 0 Å². The standard InChI is InChI=1S/C20H19NO3/c1-3-14-9-10-16-17(20(23)15-7-5-4-6-8-15)12-21(18(16)11-14)13-19(22)24-2/h4-12H,3,13H2,1-2H3. The van der Waals surface area contributed by atoms with Gasteiger partial charge in [0.2, 0.25) is 0 Å². The second-order valence-electron chi connectivity index (χ2n) is 5.65. The summed E-state index contributed by atoms with van der Waals surface area (Å²) in [5.74, 6) is -0.388. The molecule has 0 unspecified atom stereocenters. The highest BCUT2D eigenvalue weighted by Crippen LogP contribution is 2.25. The van der Waals surface area contributed by atoms with Crippen LogP contribution in [0, 0.1) is 0 Å². The van der Waals surface area contributed by atoms with Gasteiger partial charge >= 0.3 is 5.97 Å². The van der Waals surface area contributed by atoms with Crippen molar-refractivity contribution in [1.29, 1.82) is 0 Å². The molecule has 0 N–H and O–H groups in total. The number of hydrogen-bond donors (Lipinski definition) is 0. The molecule has 3 aromatic rings. The number of methoxy groups -OCH3 is 1. The molecule has 0 aliphatic heterocycles. The number of aromatic nitrogens is 1. The molecule has 4 heteroatoms. The predicted molar refractivity (Wildman–Crippen MR) is 93.2 cm³/mol. The Morgan fingerprint density at radius 2 is 1.83 bits per heavy atom. The van der Waals surface area contributed by atoms with E-state index in [0.717, 1.165) is 22.9 Å². The van der Waals surface area contributed by atoms with Gasteiger partial charge in [-0.05, 0) is 18.1 Å². The molecule has 2 aromatic carbocycles. The summed E-state index contributed by atoms with van der Waals surface area (Å²) < 4.78 is 6.56. The van der Waals surface area contributed by atoms with E-state index >= 15 is 0 Å². The SMILES string of the molecule is CCc1ccc2c(C(=O)c3ccccc3)cn(CC(=O)OC)c2c1. The molecule has 3 rings (SSSR count). The van der Waals surface area contributed by atoms with Crippen LogP contribution in [0.25, 0.3) is 10.9 Å². The lowest BCUT2D eigenvalue weighted by Crippen LogP contribution is -2.10. The van der Waals surface area contributed by atoms with Crippen LogP contribution in [-0.4, -0.2) is 23.4 Å². The van der Waals surface area contributed by atoms with Crippen LogP contribution < -0.4 is 0 Å². The molecule has 0 saturated heterocycles. The fraction of sp³-hybridized carbons (Fsp3) is 0.200. The maximum atomic E-state index is 12.9. The molecule has 0 saturated carbocycles. The minimum atomic E-state index is -0.340. The monoisotopic (exact) mass is 321 g/mol. The number of carbonyl (C=O) groups is 2. The summed E-state index contributed by atoms with van der Waals surface area (Å²) in [5.41, 5.74) is 3.27. The van der Waals surface area contributed by atoms with Gasteiger partial charge in [-0.1, -0.05) is 49.4 Å². The van der Waals surface area contributed by atoms with Crippen molar-refractivity contribution in [3.8, 4) is 0 Å². The Bertz CT molecular complexity index is 894. The summed E-state index contributed by atoms with van der Waals surface area (Å²) in [6.07, 6.45) is 2.64. The van der Waals surface area contributed by atoms with E-state index in [4.69, 9.17) is 4.74 Å². The lowest BCUT2D eigenvalue weighted by molar-refractivity contribution is -0.141. The van der Waals surface area contributed by atoms with Gasteiger partial charge in [0.15, 0.2) is 5.78 Å². The van der Waals surface area contributed by atoms with Crippen molar-refractivity contribution < 1.29 is 14.3 Å². The molecule has 0 aliphatic rings. The van der Waals surface area contributed by atoms with Gasteiger partial charge in [0.1, 0.15) is 6.54 Å². The maximum Gasteiger partial charge on any atom is 0.325 e. The molecule has 24 heavy (non-hydrogen) atoms. The van der Waals surface area contributed by atoms with Gasteiger partial charge in [-0.3, -0.25) is 9.59 Å². The van der Waals surface area contributed by atoms with E-state index in [0.29, 0.717) is 11.1 Å². The number of benzene rings is 2. The van der Waals surface area contributed by atoms with Crippen molar-refractivity contribution in [3.63, 3.8) is 0 Å². The summed E-state index contributed by atoms with van der Waals surface area (Å²) in [6.45, 7) is 2.16. The summed E-state index contributed by atoms with van der Waals surface area (Å²) in [7, 11) is 1.36. The Kier molecular flexibility index (Phi) is 4.47. The van der Waals surface area contributed by atoms with E-state index in [9.17, 15) is 9.59 Å². The fourth-order valence-electron chi connectivity index (χ4n) is 2.82. The summed E-state index contributed by atoms with van der Waals surface area (Å²) >= 11 is 0. The number of esters is 1. The molecule has 0 atom stereocenters. The summed E-state index contributed by atoms with van der Waals surface area (Å²) in [4.78, 5) is 24.6. The van der Waals surface area contributed by atoms with E-state index in [1.165, 1.54) is 7.11 Å². The topological polar surface area (TPSA) is 48.3 Å². The van der Waals surface area contributed by atoms with Crippen LogP contribution >= 0.6 is 0 Å². The molecule has 122 valence electrons. The van der Waals surface area contributed by atoms with Crippen LogP contribution in [0.3, 0.4) is 0 Å². The number of rotatable bonds is 5. The van der Waals surface area contributed by atoms with Crippen LogP contribution in [0.2, 0.25) is 0 Å². The fourth-order valence-corrected chi connectivity index (χ4v) is 2.82. The highest BCUT2D eigenvalue weighted by molar-refractivity contribution is 6.16. The summed E-state index contributed by atoms with van der Waals surface area (Å²) in [5, 5.41) is 0.852. The number of ether oxygens (including phenoxy) is 1. The Morgan fingerprint density at radius 1 is 1.08 bits per heavy atom.